The number of aromatic nitrogens is 1. The van der Waals surface area contributed by atoms with Crippen LogP contribution in [0, 0.1) is 5.92 Å². The second-order valence-corrected chi connectivity index (χ2v) is 3.98. The number of pyridine rings is 1. The number of rotatable bonds is 5. The van der Waals surface area contributed by atoms with Gasteiger partial charge in [0.15, 0.2) is 0 Å². The Labute approximate surface area is 84.7 Å². The Hall–Kier alpha value is -1.25. The second-order valence-electron chi connectivity index (χ2n) is 3.98. The van der Waals surface area contributed by atoms with Crippen molar-refractivity contribution in [1.82, 2.24) is 4.98 Å². The van der Waals surface area contributed by atoms with E-state index in [0.29, 0.717) is 5.82 Å². The zero-order chi connectivity index (χ0) is 9.80. The highest BCUT2D eigenvalue weighted by atomic mass is 14.9. The van der Waals surface area contributed by atoms with Gasteiger partial charge in [0.1, 0.15) is 5.82 Å². The number of nitrogens with zero attached hydrogens (tertiary/aromatic N) is 1. The molecule has 0 atom stereocenters. The molecule has 3 N–H and O–H groups in total. The average Bonchev–Trinajstić information content (AvgIpc) is 2.96. The summed E-state index contributed by atoms with van der Waals surface area (Å²) >= 11 is 0. The van der Waals surface area contributed by atoms with E-state index in [-0.39, 0.29) is 0 Å². The standard InChI is InChI=1S/C11H17N3/c12-11-8-10(5-7-14-11)13-6-1-2-9-3-4-9/h5,7-9H,1-4,6H2,(H3,12,13,14). The van der Waals surface area contributed by atoms with Crippen molar-refractivity contribution in [3.63, 3.8) is 0 Å². The number of nitrogens with two attached hydrogens (primary N) is 1. The maximum Gasteiger partial charge on any atom is 0.125 e. The van der Waals surface area contributed by atoms with Crippen molar-refractivity contribution in [2.75, 3.05) is 17.6 Å². The summed E-state index contributed by atoms with van der Waals surface area (Å²) in [6, 6.07) is 3.82. The van der Waals surface area contributed by atoms with Gasteiger partial charge < -0.3 is 11.1 Å². The zero-order valence-electron chi connectivity index (χ0n) is 8.37. The SMILES string of the molecule is Nc1cc(NCCCC2CC2)ccn1. The highest BCUT2D eigenvalue weighted by molar-refractivity contribution is 5.49. The molecule has 3 heteroatoms. The first kappa shape index (κ1) is 9.31. The fourth-order valence-corrected chi connectivity index (χ4v) is 1.59. The van der Waals surface area contributed by atoms with Crippen LogP contribution in [0.25, 0.3) is 0 Å². The number of hydrogen-bond donors (Lipinski definition) is 2. The van der Waals surface area contributed by atoms with E-state index in [2.05, 4.69) is 10.3 Å². The number of nitrogen functional groups attached to an aromatic ring is 1. The number of nitrogens with one attached hydrogen (secondary N) is 1. The Balaban J connectivity index is 1.68. The molecule has 0 radical (unpaired) electrons. The lowest BCUT2D eigenvalue weighted by Crippen LogP contribution is -2.02. The largest absolute Gasteiger partial charge is 0.385 e. The maximum atomic E-state index is 5.57. The van der Waals surface area contributed by atoms with Gasteiger partial charge >= 0.3 is 0 Å². The highest BCUT2D eigenvalue weighted by Crippen LogP contribution is 2.33. The van der Waals surface area contributed by atoms with Gasteiger partial charge in [-0.3, -0.25) is 0 Å². The normalized spacial score (nSPS) is 15.4. The van der Waals surface area contributed by atoms with Gasteiger partial charge in [0, 0.05) is 24.5 Å². The summed E-state index contributed by atoms with van der Waals surface area (Å²) in [6.07, 6.45) is 7.25. The molecule has 1 aliphatic rings. The minimum absolute atomic E-state index is 0.581. The second kappa shape index (κ2) is 4.31. The van der Waals surface area contributed by atoms with Gasteiger partial charge in [-0.15, -0.1) is 0 Å². The van der Waals surface area contributed by atoms with Crippen LogP contribution in [0.5, 0.6) is 0 Å². The first-order valence-corrected chi connectivity index (χ1v) is 5.30. The molecule has 0 spiro atoms. The molecule has 0 saturated heterocycles. The van der Waals surface area contributed by atoms with E-state index in [9.17, 15) is 0 Å². The van der Waals surface area contributed by atoms with E-state index in [0.717, 1.165) is 18.2 Å². The molecule has 2 rings (SSSR count). The Morgan fingerprint density at radius 3 is 3.07 bits per heavy atom. The first-order valence-electron chi connectivity index (χ1n) is 5.30. The Morgan fingerprint density at radius 2 is 2.36 bits per heavy atom. The summed E-state index contributed by atoms with van der Waals surface area (Å²) in [4.78, 5) is 3.94. The van der Waals surface area contributed by atoms with Crippen molar-refractivity contribution in [2.24, 2.45) is 5.92 Å². The smallest absolute Gasteiger partial charge is 0.125 e. The van der Waals surface area contributed by atoms with Gasteiger partial charge in [0.2, 0.25) is 0 Å². The van der Waals surface area contributed by atoms with Crippen LogP contribution in [-0.4, -0.2) is 11.5 Å². The number of hydrogen-bond acceptors (Lipinski definition) is 3. The van der Waals surface area contributed by atoms with Crippen LogP contribution in [0.1, 0.15) is 25.7 Å². The fourth-order valence-electron chi connectivity index (χ4n) is 1.59. The third-order valence-corrected chi connectivity index (χ3v) is 2.60. The molecule has 14 heavy (non-hydrogen) atoms. The minimum Gasteiger partial charge on any atom is -0.385 e. The Kier molecular flexibility index (Phi) is 2.87. The van der Waals surface area contributed by atoms with E-state index in [1.54, 1.807) is 6.20 Å². The maximum absolute atomic E-state index is 5.57. The van der Waals surface area contributed by atoms with E-state index in [4.69, 9.17) is 5.73 Å². The quantitative estimate of drug-likeness (QED) is 0.702. The van der Waals surface area contributed by atoms with Gasteiger partial charge in [-0.1, -0.05) is 12.8 Å². The van der Waals surface area contributed by atoms with E-state index >= 15 is 0 Å². The number of anilines is 2. The molecule has 0 aliphatic heterocycles. The fraction of sp³-hybridized carbons (Fsp3) is 0.545. The summed E-state index contributed by atoms with van der Waals surface area (Å²) in [5, 5.41) is 3.35. The van der Waals surface area contributed by atoms with Crippen LogP contribution in [-0.2, 0) is 0 Å². The van der Waals surface area contributed by atoms with Gasteiger partial charge in [0.25, 0.3) is 0 Å². The monoisotopic (exact) mass is 191 g/mol. The predicted octanol–water partition coefficient (Wildman–Crippen LogP) is 2.27. The molecule has 3 nitrogen and oxygen atoms in total. The molecule has 0 aromatic carbocycles. The zero-order valence-corrected chi connectivity index (χ0v) is 8.37. The van der Waals surface area contributed by atoms with Gasteiger partial charge in [-0.25, -0.2) is 4.98 Å². The summed E-state index contributed by atoms with van der Waals surface area (Å²) in [5.74, 6) is 1.61. The summed E-state index contributed by atoms with van der Waals surface area (Å²) in [5.41, 5.74) is 6.65. The third-order valence-electron chi connectivity index (χ3n) is 2.60. The minimum atomic E-state index is 0.581. The van der Waals surface area contributed by atoms with Crippen molar-refractivity contribution >= 4 is 11.5 Å². The van der Waals surface area contributed by atoms with Crippen molar-refractivity contribution in [3.8, 4) is 0 Å². The molecule has 1 aromatic rings. The molecule has 1 heterocycles. The summed E-state index contributed by atoms with van der Waals surface area (Å²) in [6.45, 7) is 1.04. The van der Waals surface area contributed by atoms with E-state index in [1.165, 1.54) is 25.7 Å². The van der Waals surface area contributed by atoms with Crippen LogP contribution in [0.15, 0.2) is 18.3 Å². The van der Waals surface area contributed by atoms with E-state index in [1.807, 2.05) is 12.1 Å². The molecule has 1 fully saturated rings. The molecule has 1 saturated carbocycles. The molecule has 76 valence electrons. The predicted molar refractivity (Wildman–Crippen MR) is 59.1 cm³/mol. The molecule has 0 amide bonds. The molecular formula is C11H17N3. The van der Waals surface area contributed by atoms with Crippen molar-refractivity contribution in [2.45, 2.75) is 25.7 Å². The van der Waals surface area contributed by atoms with Gasteiger partial charge in [-0.2, -0.15) is 0 Å². The van der Waals surface area contributed by atoms with Crippen LogP contribution < -0.4 is 11.1 Å². The highest BCUT2D eigenvalue weighted by Gasteiger charge is 2.19. The molecule has 1 aromatic heterocycles. The third kappa shape index (κ3) is 2.91. The summed E-state index contributed by atoms with van der Waals surface area (Å²) < 4.78 is 0. The molecule has 0 unspecified atom stereocenters. The Morgan fingerprint density at radius 1 is 1.50 bits per heavy atom. The van der Waals surface area contributed by atoms with E-state index < -0.39 is 0 Å². The average molecular weight is 191 g/mol. The van der Waals surface area contributed by atoms with Crippen LogP contribution >= 0.6 is 0 Å². The van der Waals surface area contributed by atoms with Crippen LogP contribution in [0.4, 0.5) is 11.5 Å². The first-order chi connectivity index (χ1) is 6.84. The van der Waals surface area contributed by atoms with Crippen molar-refractivity contribution in [1.29, 1.82) is 0 Å². The molecular weight excluding hydrogens is 174 g/mol. The lowest BCUT2D eigenvalue weighted by atomic mass is 10.2. The molecule has 0 bridgehead atoms. The van der Waals surface area contributed by atoms with Crippen molar-refractivity contribution in [3.05, 3.63) is 18.3 Å². The summed E-state index contributed by atoms with van der Waals surface area (Å²) in [7, 11) is 0. The topological polar surface area (TPSA) is 50.9 Å². The lowest BCUT2D eigenvalue weighted by Gasteiger charge is -2.05. The van der Waals surface area contributed by atoms with Crippen molar-refractivity contribution < 1.29 is 0 Å². The van der Waals surface area contributed by atoms with Crippen LogP contribution in [0.3, 0.4) is 0 Å². The van der Waals surface area contributed by atoms with Gasteiger partial charge in [0.05, 0.1) is 0 Å². The Bertz CT molecular complexity index is 294. The van der Waals surface area contributed by atoms with Crippen LogP contribution in [0.2, 0.25) is 0 Å². The van der Waals surface area contributed by atoms with Gasteiger partial charge in [-0.05, 0) is 24.8 Å². The molecule has 1 aliphatic carbocycles. The lowest BCUT2D eigenvalue weighted by molar-refractivity contribution is 0.687.